The molecular weight excluding hydrogens is 328 g/mol. The molecule has 0 bridgehead atoms. The number of nitrogens with one attached hydrogen (secondary N) is 1. The van der Waals surface area contributed by atoms with Crippen molar-refractivity contribution in [3.63, 3.8) is 0 Å². The summed E-state index contributed by atoms with van der Waals surface area (Å²) in [6, 6.07) is 4.74. The lowest BCUT2D eigenvalue weighted by atomic mass is 10.2. The highest BCUT2D eigenvalue weighted by Crippen LogP contribution is 2.28. The van der Waals surface area contributed by atoms with Crippen LogP contribution in [0.25, 0.3) is 6.08 Å². The molecule has 134 valence electrons. The molecule has 2 rings (SSSR count). The molecule has 3 amide bonds. The number of urea groups is 1. The van der Waals surface area contributed by atoms with Gasteiger partial charge < -0.3 is 19.5 Å². The lowest BCUT2D eigenvalue weighted by molar-refractivity contribution is -0.146. The summed E-state index contributed by atoms with van der Waals surface area (Å²) in [6.45, 7) is 2.54. The predicted octanol–water partition coefficient (Wildman–Crippen LogP) is 1.20. The van der Waals surface area contributed by atoms with Gasteiger partial charge in [0.1, 0.15) is 0 Å². The highest BCUT2D eigenvalue weighted by atomic mass is 16.5. The van der Waals surface area contributed by atoms with Crippen molar-refractivity contribution in [1.29, 1.82) is 0 Å². The Morgan fingerprint density at radius 1 is 1.32 bits per heavy atom. The second-order valence-corrected chi connectivity index (χ2v) is 5.06. The second-order valence-electron chi connectivity index (χ2n) is 5.06. The number of nitrogens with zero attached hydrogens (tertiary/aromatic N) is 1. The molecule has 0 saturated carbocycles. The third kappa shape index (κ3) is 4.97. The maximum absolute atomic E-state index is 11.8. The summed E-state index contributed by atoms with van der Waals surface area (Å²) in [4.78, 5) is 35.8. The number of carbonyl (C=O) groups excluding carboxylic acids is 3. The van der Waals surface area contributed by atoms with Crippen LogP contribution in [0.3, 0.4) is 0 Å². The Kier molecular flexibility index (Phi) is 6.39. The molecule has 0 unspecified atom stereocenters. The summed E-state index contributed by atoms with van der Waals surface area (Å²) < 4.78 is 15.5. The fraction of sp³-hybridized carbons (Fsp3) is 0.353. The average Bonchev–Trinajstić information content (AvgIpc) is 3.04. The van der Waals surface area contributed by atoms with Crippen molar-refractivity contribution in [2.45, 2.75) is 6.92 Å². The highest BCUT2D eigenvalue weighted by molar-refractivity contribution is 5.97. The third-order valence-electron chi connectivity index (χ3n) is 3.40. The molecule has 0 aromatic heterocycles. The van der Waals surface area contributed by atoms with Gasteiger partial charge in [-0.3, -0.25) is 9.69 Å². The topological polar surface area (TPSA) is 94.2 Å². The monoisotopic (exact) mass is 348 g/mol. The number of benzene rings is 1. The van der Waals surface area contributed by atoms with Crippen LogP contribution in [0.15, 0.2) is 24.3 Å². The Labute approximate surface area is 145 Å². The van der Waals surface area contributed by atoms with Crippen LogP contribution in [-0.2, 0) is 14.3 Å². The van der Waals surface area contributed by atoms with Crippen molar-refractivity contribution >= 4 is 24.0 Å². The lowest BCUT2D eigenvalue weighted by Gasteiger charge is -2.11. The number of hydrogen-bond acceptors (Lipinski definition) is 6. The van der Waals surface area contributed by atoms with Crippen LogP contribution < -0.4 is 14.8 Å². The van der Waals surface area contributed by atoms with Crippen molar-refractivity contribution in [2.75, 3.05) is 33.4 Å². The van der Waals surface area contributed by atoms with Crippen LogP contribution in [-0.4, -0.2) is 56.2 Å². The molecule has 8 nitrogen and oxygen atoms in total. The molecule has 8 heteroatoms. The smallest absolute Gasteiger partial charge is 0.331 e. The fourth-order valence-electron chi connectivity index (χ4n) is 2.20. The summed E-state index contributed by atoms with van der Waals surface area (Å²) in [7, 11) is 1.54. The molecule has 1 fully saturated rings. The minimum Gasteiger partial charge on any atom is -0.493 e. The van der Waals surface area contributed by atoms with Gasteiger partial charge in [-0.25, -0.2) is 9.59 Å². The number of hydrogen-bond donors (Lipinski definition) is 1. The Balaban J connectivity index is 1.90. The average molecular weight is 348 g/mol. The maximum Gasteiger partial charge on any atom is 0.331 e. The Hall–Kier alpha value is -3.03. The molecule has 25 heavy (non-hydrogen) atoms. The van der Waals surface area contributed by atoms with Gasteiger partial charge in [-0.1, -0.05) is 6.07 Å². The van der Waals surface area contributed by atoms with Crippen LogP contribution in [0.5, 0.6) is 11.5 Å². The molecule has 1 aliphatic rings. The first-order valence-corrected chi connectivity index (χ1v) is 7.79. The zero-order chi connectivity index (χ0) is 18.2. The van der Waals surface area contributed by atoms with Crippen LogP contribution in [0.2, 0.25) is 0 Å². The molecule has 1 aliphatic heterocycles. The van der Waals surface area contributed by atoms with E-state index >= 15 is 0 Å². The molecule has 0 radical (unpaired) electrons. The van der Waals surface area contributed by atoms with Crippen LogP contribution >= 0.6 is 0 Å². The van der Waals surface area contributed by atoms with Gasteiger partial charge in [-0.15, -0.1) is 0 Å². The molecule has 0 aliphatic carbocycles. The van der Waals surface area contributed by atoms with Gasteiger partial charge in [0.25, 0.3) is 5.91 Å². The number of ether oxygens (including phenoxy) is 3. The SMILES string of the molecule is CCOc1cc(/C=C/C(=O)OCC(=O)N2CCNC2=O)ccc1OC. The van der Waals surface area contributed by atoms with E-state index in [2.05, 4.69) is 5.32 Å². The third-order valence-corrected chi connectivity index (χ3v) is 3.40. The van der Waals surface area contributed by atoms with Crippen LogP contribution in [0, 0.1) is 0 Å². The van der Waals surface area contributed by atoms with Gasteiger partial charge in [-0.05, 0) is 30.7 Å². The van der Waals surface area contributed by atoms with E-state index in [4.69, 9.17) is 14.2 Å². The summed E-state index contributed by atoms with van der Waals surface area (Å²) in [5.74, 6) is -0.0756. The first kappa shape index (κ1) is 18.3. The summed E-state index contributed by atoms with van der Waals surface area (Å²) in [5.41, 5.74) is 0.714. The van der Waals surface area contributed by atoms with Crippen LogP contribution in [0.4, 0.5) is 4.79 Å². The maximum atomic E-state index is 11.8. The standard InChI is InChI=1S/C17H20N2O6/c1-3-24-14-10-12(4-6-13(14)23-2)5-7-16(21)25-11-15(20)19-9-8-18-17(19)22/h4-7,10H,3,8-9,11H2,1-2H3,(H,18,22)/b7-5+. The zero-order valence-corrected chi connectivity index (χ0v) is 14.1. The van der Waals surface area contributed by atoms with E-state index in [0.29, 0.717) is 30.2 Å². The Morgan fingerprint density at radius 2 is 2.12 bits per heavy atom. The Bertz CT molecular complexity index is 686. The van der Waals surface area contributed by atoms with E-state index in [9.17, 15) is 14.4 Å². The quantitative estimate of drug-likeness (QED) is 0.588. The van der Waals surface area contributed by atoms with Gasteiger partial charge >= 0.3 is 12.0 Å². The van der Waals surface area contributed by atoms with Gasteiger partial charge in [0.2, 0.25) is 0 Å². The number of rotatable bonds is 7. The van der Waals surface area contributed by atoms with E-state index in [1.807, 2.05) is 6.92 Å². The number of carbonyl (C=O) groups is 3. The van der Waals surface area contributed by atoms with E-state index in [1.165, 1.54) is 12.2 Å². The highest BCUT2D eigenvalue weighted by Gasteiger charge is 2.26. The molecule has 1 N–H and O–H groups in total. The second kappa shape index (κ2) is 8.72. The first-order chi connectivity index (χ1) is 12.0. The van der Waals surface area contributed by atoms with Gasteiger partial charge in [-0.2, -0.15) is 0 Å². The summed E-state index contributed by atoms with van der Waals surface area (Å²) in [5, 5.41) is 2.50. The minimum absolute atomic E-state index is 0.275. The van der Waals surface area contributed by atoms with Crippen molar-refractivity contribution in [3.8, 4) is 11.5 Å². The van der Waals surface area contributed by atoms with Crippen LogP contribution in [0.1, 0.15) is 12.5 Å². The molecule has 1 heterocycles. The molecule has 0 spiro atoms. The molecule has 1 aromatic rings. The van der Waals surface area contributed by atoms with Gasteiger partial charge in [0.05, 0.1) is 13.7 Å². The number of amides is 3. The first-order valence-electron chi connectivity index (χ1n) is 7.79. The zero-order valence-electron chi connectivity index (χ0n) is 14.1. The number of esters is 1. The van der Waals surface area contributed by atoms with Crippen molar-refractivity contribution in [3.05, 3.63) is 29.8 Å². The van der Waals surface area contributed by atoms with E-state index < -0.39 is 24.5 Å². The number of imide groups is 1. The molecule has 0 atom stereocenters. The van der Waals surface area contributed by atoms with Crippen molar-refractivity contribution in [1.82, 2.24) is 10.2 Å². The molecule has 1 saturated heterocycles. The summed E-state index contributed by atoms with van der Waals surface area (Å²) in [6.07, 6.45) is 2.74. The largest absolute Gasteiger partial charge is 0.493 e. The van der Waals surface area contributed by atoms with E-state index in [-0.39, 0.29) is 6.54 Å². The van der Waals surface area contributed by atoms with E-state index in [0.717, 1.165) is 4.90 Å². The molecule has 1 aromatic carbocycles. The minimum atomic E-state index is -0.679. The molecular formula is C17H20N2O6. The van der Waals surface area contributed by atoms with Gasteiger partial charge in [0, 0.05) is 19.2 Å². The summed E-state index contributed by atoms with van der Waals surface area (Å²) >= 11 is 0. The normalized spacial score (nSPS) is 13.7. The van der Waals surface area contributed by atoms with Crippen molar-refractivity contribution < 1.29 is 28.6 Å². The predicted molar refractivity (Wildman–Crippen MR) is 89.3 cm³/mol. The van der Waals surface area contributed by atoms with Gasteiger partial charge in [0.15, 0.2) is 18.1 Å². The fourth-order valence-corrected chi connectivity index (χ4v) is 2.20. The lowest BCUT2D eigenvalue weighted by Crippen LogP contribution is -2.37. The number of methoxy groups -OCH3 is 1. The van der Waals surface area contributed by atoms with E-state index in [1.54, 1.807) is 25.3 Å². The van der Waals surface area contributed by atoms with Crippen molar-refractivity contribution in [2.24, 2.45) is 0 Å². The Morgan fingerprint density at radius 3 is 2.76 bits per heavy atom.